The lowest BCUT2D eigenvalue weighted by molar-refractivity contribution is -0.136. The van der Waals surface area contributed by atoms with Crippen molar-refractivity contribution in [3.8, 4) is 16.9 Å². The second-order valence-corrected chi connectivity index (χ2v) is 6.85. The molecule has 0 aromatic heterocycles. The van der Waals surface area contributed by atoms with E-state index in [2.05, 4.69) is 5.16 Å². The van der Waals surface area contributed by atoms with Crippen molar-refractivity contribution in [1.82, 2.24) is 0 Å². The van der Waals surface area contributed by atoms with Crippen LogP contribution in [0.3, 0.4) is 0 Å². The van der Waals surface area contributed by atoms with Crippen LogP contribution in [0.2, 0.25) is 0 Å². The van der Waals surface area contributed by atoms with Crippen molar-refractivity contribution in [1.29, 1.82) is 0 Å². The molecular formula is C25H24FNO4. The van der Waals surface area contributed by atoms with Crippen molar-refractivity contribution in [3.63, 3.8) is 0 Å². The maximum Gasteiger partial charge on any atom is 0.307 e. The molecule has 3 aromatic carbocycles. The molecule has 0 heterocycles. The van der Waals surface area contributed by atoms with Crippen LogP contribution in [-0.4, -0.2) is 30.0 Å². The first-order chi connectivity index (χ1) is 15.1. The molecule has 31 heavy (non-hydrogen) atoms. The van der Waals surface area contributed by atoms with Crippen LogP contribution in [0.4, 0.5) is 4.39 Å². The summed E-state index contributed by atoms with van der Waals surface area (Å²) in [6, 6.07) is 21.2. The van der Waals surface area contributed by atoms with Gasteiger partial charge in [0.2, 0.25) is 0 Å². The van der Waals surface area contributed by atoms with E-state index in [4.69, 9.17) is 14.7 Å². The molecule has 0 radical (unpaired) electrons. The number of hydrogen-bond acceptors (Lipinski definition) is 4. The van der Waals surface area contributed by atoms with E-state index in [-0.39, 0.29) is 25.5 Å². The first kappa shape index (κ1) is 22.0. The maximum atomic E-state index is 14.0. The number of carboxylic acids is 1. The standard InChI is InChI=1S/C25H24FNO4/c1-2-24(20-12-10-19(11-13-20)22-8-3-4-9-23(22)26)27-31-15-14-30-21-7-5-6-18(16-21)17-25(28)29/h3-13,16H,2,14-15,17H2,1H3,(H,28,29). The first-order valence-corrected chi connectivity index (χ1v) is 10.0. The normalized spacial score (nSPS) is 11.2. The molecule has 0 saturated heterocycles. The molecule has 0 atom stereocenters. The Labute approximate surface area is 180 Å². The van der Waals surface area contributed by atoms with E-state index in [1.54, 1.807) is 36.4 Å². The number of aliphatic carboxylic acids is 1. The lowest BCUT2D eigenvalue weighted by Crippen LogP contribution is -2.07. The summed E-state index contributed by atoms with van der Waals surface area (Å²) in [5.74, 6) is -0.550. The van der Waals surface area contributed by atoms with E-state index in [0.717, 1.165) is 16.8 Å². The zero-order valence-electron chi connectivity index (χ0n) is 17.3. The molecule has 0 fully saturated rings. The summed E-state index contributed by atoms with van der Waals surface area (Å²) in [6.45, 7) is 2.51. The van der Waals surface area contributed by atoms with Crippen LogP contribution >= 0.6 is 0 Å². The van der Waals surface area contributed by atoms with Gasteiger partial charge < -0.3 is 14.7 Å². The Hall–Kier alpha value is -3.67. The number of oxime groups is 1. The number of ether oxygens (including phenoxy) is 1. The van der Waals surface area contributed by atoms with Crippen molar-refractivity contribution in [3.05, 3.63) is 89.7 Å². The van der Waals surface area contributed by atoms with Gasteiger partial charge >= 0.3 is 5.97 Å². The molecule has 6 heteroatoms. The van der Waals surface area contributed by atoms with Crippen LogP contribution in [0.25, 0.3) is 11.1 Å². The number of benzene rings is 3. The third kappa shape index (κ3) is 6.40. The van der Waals surface area contributed by atoms with Crippen LogP contribution in [-0.2, 0) is 16.1 Å². The maximum absolute atomic E-state index is 14.0. The Kier molecular flexibility index (Phi) is 7.76. The monoisotopic (exact) mass is 421 g/mol. The van der Waals surface area contributed by atoms with Crippen LogP contribution in [0.5, 0.6) is 5.75 Å². The van der Waals surface area contributed by atoms with Gasteiger partial charge in [-0.1, -0.05) is 66.7 Å². The topological polar surface area (TPSA) is 68.1 Å². The SMILES string of the molecule is CCC(=NOCCOc1cccc(CC(=O)O)c1)c1ccc(-c2ccccc2F)cc1. The number of rotatable bonds is 10. The lowest BCUT2D eigenvalue weighted by atomic mass is 10.0. The zero-order valence-corrected chi connectivity index (χ0v) is 17.3. The third-order valence-corrected chi connectivity index (χ3v) is 4.61. The molecule has 0 spiro atoms. The smallest absolute Gasteiger partial charge is 0.307 e. The highest BCUT2D eigenvalue weighted by Crippen LogP contribution is 2.23. The van der Waals surface area contributed by atoms with Gasteiger partial charge in [0.05, 0.1) is 12.1 Å². The van der Waals surface area contributed by atoms with Crippen LogP contribution in [0.1, 0.15) is 24.5 Å². The van der Waals surface area contributed by atoms with Gasteiger partial charge in [0.15, 0.2) is 6.61 Å². The Balaban J connectivity index is 1.54. The van der Waals surface area contributed by atoms with Crippen LogP contribution < -0.4 is 4.74 Å². The summed E-state index contributed by atoms with van der Waals surface area (Å²) >= 11 is 0. The van der Waals surface area contributed by atoms with E-state index >= 15 is 0 Å². The molecule has 3 aromatic rings. The Morgan fingerprint density at radius 2 is 1.77 bits per heavy atom. The number of hydrogen-bond donors (Lipinski definition) is 1. The number of nitrogens with zero attached hydrogens (tertiary/aromatic N) is 1. The molecule has 0 aliphatic heterocycles. The molecule has 1 N–H and O–H groups in total. The second kappa shape index (κ2) is 10.9. The highest BCUT2D eigenvalue weighted by atomic mass is 19.1. The molecule has 0 saturated carbocycles. The summed E-state index contributed by atoms with van der Waals surface area (Å²) in [4.78, 5) is 16.2. The highest BCUT2D eigenvalue weighted by molar-refractivity contribution is 6.00. The Bertz CT molecular complexity index is 1050. The first-order valence-electron chi connectivity index (χ1n) is 10.0. The number of carbonyl (C=O) groups is 1. The highest BCUT2D eigenvalue weighted by Gasteiger charge is 2.07. The number of carboxylic acid groups (broad SMARTS) is 1. The molecule has 0 amide bonds. The van der Waals surface area contributed by atoms with E-state index < -0.39 is 5.97 Å². The number of halogens is 1. The predicted molar refractivity (Wildman–Crippen MR) is 118 cm³/mol. The average Bonchev–Trinajstić information content (AvgIpc) is 2.77. The summed E-state index contributed by atoms with van der Waals surface area (Å²) in [6.07, 6.45) is 0.630. The van der Waals surface area contributed by atoms with Crippen molar-refractivity contribution in [2.75, 3.05) is 13.2 Å². The molecule has 3 rings (SSSR count). The summed E-state index contributed by atoms with van der Waals surface area (Å²) in [5, 5.41) is 13.1. The van der Waals surface area contributed by atoms with Crippen molar-refractivity contribution < 1.29 is 23.9 Å². The van der Waals surface area contributed by atoms with Gasteiger partial charge in [0.1, 0.15) is 18.2 Å². The predicted octanol–water partition coefficient (Wildman–Crippen LogP) is 5.33. The summed E-state index contributed by atoms with van der Waals surface area (Å²) in [5.41, 5.74) is 3.73. The lowest BCUT2D eigenvalue weighted by Gasteiger charge is -2.09. The van der Waals surface area contributed by atoms with Gasteiger partial charge in [-0.25, -0.2) is 4.39 Å². The second-order valence-electron chi connectivity index (χ2n) is 6.85. The fraction of sp³-hybridized carbons (Fsp3) is 0.200. The average molecular weight is 421 g/mol. The fourth-order valence-corrected chi connectivity index (χ4v) is 3.10. The molecule has 0 aliphatic rings. The van der Waals surface area contributed by atoms with Gasteiger partial charge in [-0.15, -0.1) is 0 Å². The molecule has 160 valence electrons. The summed E-state index contributed by atoms with van der Waals surface area (Å²) < 4.78 is 19.6. The molecule has 0 aliphatic carbocycles. The minimum absolute atomic E-state index is 0.0481. The fourth-order valence-electron chi connectivity index (χ4n) is 3.10. The van der Waals surface area contributed by atoms with Crippen molar-refractivity contribution in [2.24, 2.45) is 5.16 Å². The van der Waals surface area contributed by atoms with Gasteiger partial charge in [-0.2, -0.15) is 0 Å². The third-order valence-electron chi connectivity index (χ3n) is 4.61. The Morgan fingerprint density at radius 1 is 1.00 bits per heavy atom. The van der Waals surface area contributed by atoms with Gasteiger partial charge in [0, 0.05) is 5.56 Å². The largest absolute Gasteiger partial charge is 0.490 e. The van der Waals surface area contributed by atoms with Gasteiger partial charge in [-0.3, -0.25) is 4.79 Å². The summed E-state index contributed by atoms with van der Waals surface area (Å²) in [7, 11) is 0. The quantitative estimate of drug-likeness (QED) is 0.273. The molecular weight excluding hydrogens is 397 g/mol. The van der Waals surface area contributed by atoms with E-state index in [0.29, 0.717) is 23.3 Å². The zero-order chi connectivity index (χ0) is 22.1. The van der Waals surface area contributed by atoms with Crippen LogP contribution in [0, 0.1) is 5.82 Å². The van der Waals surface area contributed by atoms with E-state index in [9.17, 15) is 9.18 Å². The Morgan fingerprint density at radius 3 is 2.48 bits per heavy atom. The minimum Gasteiger partial charge on any atom is -0.490 e. The minimum atomic E-state index is -0.885. The molecule has 0 unspecified atom stereocenters. The van der Waals surface area contributed by atoms with Gasteiger partial charge in [-0.05, 0) is 41.3 Å². The van der Waals surface area contributed by atoms with Crippen molar-refractivity contribution >= 4 is 11.7 Å². The van der Waals surface area contributed by atoms with Crippen LogP contribution in [0.15, 0.2) is 78.0 Å². The van der Waals surface area contributed by atoms with Crippen molar-refractivity contribution in [2.45, 2.75) is 19.8 Å². The van der Waals surface area contributed by atoms with Gasteiger partial charge in [0.25, 0.3) is 0 Å². The van der Waals surface area contributed by atoms with E-state index in [1.165, 1.54) is 6.07 Å². The van der Waals surface area contributed by atoms with E-state index in [1.807, 2.05) is 37.3 Å². The molecule has 5 nitrogen and oxygen atoms in total. The molecule has 0 bridgehead atoms.